The van der Waals surface area contributed by atoms with Gasteiger partial charge in [-0.25, -0.2) is 4.98 Å². The fraction of sp³-hybridized carbons (Fsp3) is 0.125. The van der Waals surface area contributed by atoms with Gasteiger partial charge >= 0.3 is 0 Å². The highest BCUT2D eigenvalue weighted by molar-refractivity contribution is 7.22. The maximum Gasteiger partial charge on any atom is 0.181 e. The summed E-state index contributed by atoms with van der Waals surface area (Å²) in [6, 6.07) is 3.52. The molecule has 1 aromatic heterocycles. The van der Waals surface area contributed by atoms with Crippen LogP contribution in [0.25, 0.3) is 10.2 Å². The van der Waals surface area contributed by atoms with E-state index in [1.807, 2.05) is 13.0 Å². The summed E-state index contributed by atoms with van der Waals surface area (Å²) < 4.78 is 1.02. The molecule has 3 N–H and O–H groups in total. The molecule has 0 saturated carbocycles. The average molecular weight is 180 g/mol. The van der Waals surface area contributed by atoms with Gasteiger partial charge in [-0.2, -0.15) is 0 Å². The van der Waals surface area contributed by atoms with E-state index in [2.05, 4.69) is 4.98 Å². The monoisotopic (exact) mass is 180 g/mol. The molecule has 0 aliphatic carbocycles. The van der Waals surface area contributed by atoms with Crippen LogP contribution in [0, 0.1) is 6.92 Å². The maximum atomic E-state index is 9.35. The third-order valence-electron chi connectivity index (χ3n) is 1.72. The second kappa shape index (κ2) is 2.35. The van der Waals surface area contributed by atoms with Gasteiger partial charge in [0.1, 0.15) is 5.75 Å². The van der Waals surface area contributed by atoms with E-state index in [1.54, 1.807) is 6.07 Å². The van der Waals surface area contributed by atoms with Gasteiger partial charge in [0.15, 0.2) is 5.13 Å². The van der Waals surface area contributed by atoms with Crippen molar-refractivity contribution in [2.45, 2.75) is 6.92 Å². The Hall–Kier alpha value is -1.29. The van der Waals surface area contributed by atoms with Crippen molar-refractivity contribution >= 4 is 26.7 Å². The highest BCUT2D eigenvalue weighted by atomic mass is 32.1. The van der Waals surface area contributed by atoms with Gasteiger partial charge in [-0.1, -0.05) is 11.3 Å². The highest BCUT2D eigenvalue weighted by Crippen LogP contribution is 2.29. The first-order chi connectivity index (χ1) is 5.66. The highest BCUT2D eigenvalue weighted by Gasteiger charge is 2.03. The van der Waals surface area contributed by atoms with Crippen molar-refractivity contribution in [2.24, 2.45) is 0 Å². The molecule has 0 fully saturated rings. The van der Waals surface area contributed by atoms with Gasteiger partial charge in [0.25, 0.3) is 0 Å². The summed E-state index contributed by atoms with van der Waals surface area (Å²) in [5.41, 5.74) is 7.13. The van der Waals surface area contributed by atoms with Crippen LogP contribution in [0.1, 0.15) is 5.56 Å². The first-order valence-corrected chi connectivity index (χ1v) is 4.34. The van der Waals surface area contributed by atoms with Crippen LogP contribution in [0.2, 0.25) is 0 Å². The molecule has 0 spiro atoms. The minimum atomic E-state index is 0.271. The van der Waals surface area contributed by atoms with Crippen LogP contribution in [-0.2, 0) is 0 Å². The summed E-state index contributed by atoms with van der Waals surface area (Å²) in [6.07, 6.45) is 0. The quantitative estimate of drug-likeness (QED) is 0.651. The van der Waals surface area contributed by atoms with Gasteiger partial charge in [-0.15, -0.1) is 0 Å². The molecule has 62 valence electrons. The van der Waals surface area contributed by atoms with Gasteiger partial charge in [-0.05, 0) is 18.6 Å². The molecule has 1 aromatic carbocycles. The van der Waals surface area contributed by atoms with E-state index in [0.717, 1.165) is 15.8 Å². The molecular formula is C8H8N2OS. The van der Waals surface area contributed by atoms with Crippen molar-refractivity contribution in [3.63, 3.8) is 0 Å². The van der Waals surface area contributed by atoms with E-state index in [4.69, 9.17) is 5.73 Å². The van der Waals surface area contributed by atoms with Crippen LogP contribution in [0.5, 0.6) is 5.75 Å². The molecule has 3 nitrogen and oxygen atoms in total. The molecule has 0 saturated heterocycles. The van der Waals surface area contributed by atoms with Crippen molar-refractivity contribution < 1.29 is 5.11 Å². The van der Waals surface area contributed by atoms with E-state index in [0.29, 0.717) is 5.13 Å². The Morgan fingerprint density at radius 1 is 1.50 bits per heavy atom. The topological polar surface area (TPSA) is 59.1 Å². The standard InChI is InChI=1S/C8H8N2OS/c1-4-2-7-5(3-6(4)11)10-8(9)12-7/h2-3,11H,1H3,(H2,9,10). The number of aromatic hydroxyl groups is 1. The van der Waals surface area contributed by atoms with Gasteiger partial charge in [-0.3, -0.25) is 0 Å². The van der Waals surface area contributed by atoms with Gasteiger partial charge in [0, 0.05) is 6.07 Å². The van der Waals surface area contributed by atoms with Crippen molar-refractivity contribution in [3.8, 4) is 5.75 Å². The Balaban J connectivity index is 2.83. The van der Waals surface area contributed by atoms with Crippen molar-refractivity contribution in [1.29, 1.82) is 0 Å². The fourth-order valence-corrected chi connectivity index (χ4v) is 1.90. The lowest BCUT2D eigenvalue weighted by Gasteiger charge is -1.95. The molecule has 2 aromatic rings. The summed E-state index contributed by atoms with van der Waals surface area (Å²) in [7, 11) is 0. The number of phenols is 1. The van der Waals surface area contributed by atoms with Gasteiger partial charge in [0.2, 0.25) is 0 Å². The number of aromatic nitrogens is 1. The summed E-state index contributed by atoms with van der Waals surface area (Å²) in [6.45, 7) is 1.85. The summed E-state index contributed by atoms with van der Waals surface area (Å²) in [4.78, 5) is 4.05. The van der Waals surface area contributed by atoms with E-state index in [1.165, 1.54) is 11.3 Å². The average Bonchev–Trinajstić information content (AvgIpc) is 2.30. The second-order valence-electron chi connectivity index (χ2n) is 2.66. The molecule has 0 aliphatic rings. The molecule has 2 rings (SSSR count). The number of benzene rings is 1. The predicted octanol–water partition coefficient (Wildman–Crippen LogP) is 1.89. The lowest BCUT2D eigenvalue weighted by Crippen LogP contribution is -1.79. The van der Waals surface area contributed by atoms with Gasteiger partial charge in [0.05, 0.1) is 10.2 Å². The third-order valence-corrected chi connectivity index (χ3v) is 2.57. The predicted molar refractivity (Wildman–Crippen MR) is 50.4 cm³/mol. The summed E-state index contributed by atoms with van der Waals surface area (Å²) >= 11 is 1.43. The minimum Gasteiger partial charge on any atom is -0.508 e. The number of hydrogen-bond donors (Lipinski definition) is 2. The molecule has 12 heavy (non-hydrogen) atoms. The number of rotatable bonds is 0. The SMILES string of the molecule is Cc1cc2sc(N)nc2cc1O. The van der Waals surface area contributed by atoms with Crippen LogP contribution in [0.4, 0.5) is 5.13 Å². The van der Waals surface area contributed by atoms with E-state index < -0.39 is 0 Å². The molecule has 0 atom stereocenters. The lowest BCUT2D eigenvalue weighted by molar-refractivity contribution is 0.472. The fourth-order valence-electron chi connectivity index (χ4n) is 1.08. The number of hydrogen-bond acceptors (Lipinski definition) is 4. The van der Waals surface area contributed by atoms with Crippen LogP contribution >= 0.6 is 11.3 Å². The summed E-state index contributed by atoms with van der Waals surface area (Å²) in [5.74, 6) is 0.271. The zero-order valence-electron chi connectivity index (χ0n) is 6.53. The number of phenolic OH excluding ortho intramolecular Hbond substituents is 1. The Morgan fingerprint density at radius 3 is 3.00 bits per heavy atom. The zero-order valence-corrected chi connectivity index (χ0v) is 7.35. The van der Waals surface area contributed by atoms with E-state index in [-0.39, 0.29) is 5.75 Å². The Morgan fingerprint density at radius 2 is 2.25 bits per heavy atom. The second-order valence-corrected chi connectivity index (χ2v) is 3.72. The largest absolute Gasteiger partial charge is 0.508 e. The van der Waals surface area contributed by atoms with Crippen molar-refractivity contribution in [1.82, 2.24) is 4.98 Å². The van der Waals surface area contributed by atoms with Gasteiger partial charge < -0.3 is 10.8 Å². The van der Waals surface area contributed by atoms with Crippen LogP contribution in [0.3, 0.4) is 0 Å². The van der Waals surface area contributed by atoms with Crippen LogP contribution in [-0.4, -0.2) is 10.1 Å². The number of nitrogens with zero attached hydrogens (tertiary/aromatic N) is 1. The first-order valence-electron chi connectivity index (χ1n) is 3.52. The maximum absolute atomic E-state index is 9.35. The van der Waals surface area contributed by atoms with Crippen molar-refractivity contribution in [2.75, 3.05) is 5.73 Å². The minimum absolute atomic E-state index is 0.271. The molecule has 0 aliphatic heterocycles. The molecule has 0 bridgehead atoms. The van der Waals surface area contributed by atoms with Crippen molar-refractivity contribution in [3.05, 3.63) is 17.7 Å². The number of fused-ring (bicyclic) bond motifs is 1. The molecule has 0 amide bonds. The number of aryl methyl sites for hydroxylation is 1. The number of thiazole rings is 1. The molecule has 0 radical (unpaired) electrons. The van der Waals surface area contributed by atoms with E-state index in [9.17, 15) is 5.11 Å². The molecule has 0 unspecified atom stereocenters. The number of nitrogen functional groups attached to an aromatic ring is 1. The molecule has 1 heterocycles. The molecule has 4 heteroatoms. The normalized spacial score (nSPS) is 10.8. The number of nitrogens with two attached hydrogens (primary N) is 1. The summed E-state index contributed by atoms with van der Waals surface area (Å²) in [5, 5.41) is 9.89. The lowest BCUT2D eigenvalue weighted by atomic mass is 10.2. The number of anilines is 1. The Bertz CT molecular complexity index is 397. The van der Waals surface area contributed by atoms with Crippen LogP contribution < -0.4 is 5.73 Å². The zero-order chi connectivity index (χ0) is 8.72. The van der Waals surface area contributed by atoms with Crippen LogP contribution in [0.15, 0.2) is 12.1 Å². The Labute approximate surface area is 73.5 Å². The molecular weight excluding hydrogens is 172 g/mol. The van der Waals surface area contributed by atoms with E-state index >= 15 is 0 Å². The smallest absolute Gasteiger partial charge is 0.181 e. The Kier molecular flexibility index (Phi) is 1.44. The third kappa shape index (κ3) is 1.00. The first kappa shape index (κ1) is 7.36.